The molecule has 8 nitrogen and oxygen atoms in total. The zero-order valence-electron chi connectivity index (χ0n) is 21.3. The number of carbonyl (C=O) groups is 1. The van der Waals surface area contributed by atoms with Crippen LogP contribution in [0.5, 0.6) is 11.5 Å². The van der Waals surface area contributed by atoms with E-state index < -0.39 is 5.56 Å². The quantitative estimate of drug-likeness (QED) is 0.215. The van der Waals surface area contributed by atoms with E-state index in [9.17, 15) is 9.59 Å². The lowest BCUT2D eigenvalue weighted by atomic mass is 10.2. The number of aryl methyl sites for hydroxylation is 1. The van der Waals surface area contributed by atoms with E-state index in [-0.39, 0.29) is 17.3 Å². The first-order chi connectivity index (χ1) is 19.4. The number of nitrogens with zero attached hydrogens (tertiary/aromatic N) is 3. The van der Waals surface area contributed by atoms with E-state index in [4.69, 9.17) is 27.9 Å². The standard InChI is InChI=1S/C30H23Cl2N5O3/c1-19-5-12-24(13-6-19)40-27-18-35-37(23-11-14-25(31)26(32)16-23)30(39)28(27)36-21-9-7-20(8-10-21)29(38)34-17-22-4-2-3-15-33-22/h2-16,18,36H,17H2,1H3,(H,34,38). The van der Waals surface area contributed by atoms with Crippen LogP contribution in [0, 0.1) is 6.92 Å². The summed E-state index contributed by atoms with van der Waals surface area (Å²) in [4.78, 5) is 30.5. The van der Waals surface area contributed by atoms with Gasteiger partial charge in [-0.1, -0.05) is 47.0 Å². The number of rotatable bonds is 8. The average molecular weight is 572 g/mol. The van der Waals surface area contributed by atoms with Gasteiger partial charge < -0.3 is 15.4 Å². The van der Waals surface area contributed by atoms with Gasteiger partial charge in [0.15, 0.2) is 11.4 Å². The van der Waals surface area contributed by atoms with Crippen molar-refractivity contribution in [3.8, 4) is 17.2 Å². The second-order valence-corrected chi connectivity index (χ2v) is 9.63. The zero-order valence-corrected chi connectivity index (χ0v) is 22.8. The van der Waals surface area contributed by atoms with Crippen molar-refractivity contribution in [2.45, 2.75) is 13.5 Å². The molecular weight excluding hydrogens is 549 g/mol. The maximum absolute atomic E-state index is 13.6. The van der Waals surface area contributed by atoms with Crippen molar-refractivity contribution in [3.63, 3.8) is 0 Å². The number of pyridine rings is 1. The van der Waals surface area contributed by atoms with Crippen LogP contribution >= 0.6 is 23.2 Å². The molecule has 2 N–H and O–H groups in total. The molecule has 0 fully saturated rings. The fraction of sp³-hybridized carbons (Fsp3) is 0.0667. The number of hydrogen-bond acceptors (Lipinski definition) is 6. The van der Waals surface area contributed by atoms with Gasteiger partial charge in [-0.25, -0.2) is 0 Å². The number of hydrogen-bond donors (Lipinski definition) is 2. The third-order valence-electron chi connectivity index (χ3n) is 5.91. The Kier molecular flexibility index (Phi) is 8.10. The second-order valence-electron chi connectivity index (χ2n) is 8.82. The predicted molar refractivity (Wildman–Crippen MR) is 156 cm³/mol. The Morgan fingerprint density at radius 2 is 1.73 bits per heavy atom. The molecule has 1 amide bonds. The zero-order chi connectivity index (χ0) is 28.1. The summed E-state index contributed by atoms with van der Waals surface area (Å²) in [6, 6.07) is 24.5. The molecule has 2 heterocycles. The minimum Gasteiger partial charge on any atom is -0.453 e. The summed E-state index contributed by atoms with van der Waals surface area (Å²) >= 11 is 12.2. The minimum absolute atomic E-state index is 0.147. The third kappa shape index (κ3) is 6.31. The molecule has 0 saturated heterocycles. The molecule has 3 aromatic carbocycles. The molecule has 0 saturated carbocycles. The van der Waals surface area contributed by atoms with Crippen molar-refractivity contribution in [2.75, 3.05) is 5.32 Å². The van der Waals surface area contributed by atoms with Crippen LogP contribution in [0.4, 0.5) is 11.4 Å². The third-order valence-corrected chi connectivity index (χ3v) is 6.65. The van der Waals surface area contributed by atoms with Crippen molar-refractivity contribution in [1.82, 2.24) is 20.1 Å². The molecule has 0 unspecified atom stereocenters. The highest BCUT2D eigenvalue weighted by atomic mass is 35.5. The van der Waals surface area contributed by atoms with E-state index in [2.05, 4.69) is 20.7 Å². The summed E-state index contributed by atoms with van der Waals surface area (Å²) < 4.78 is 7.23. The summed E-state index contributed by atoms with van der Waals surface area (Å²) in [5.41, 5.74) is 2.97. The van der Waals surface area contributed by atoms with Gasteiger partial charge in [0.25, 0.3) is 11.5 Å². The second kappa shape index (κ2) is 12.0. The van der Waals surface area contributed by atoms with E-state index in [1.807, 2.05) is 49.4 Å². The molecule has 0 aliphatic carbocycles. The van der Waals surface area contributed by atoms with Crippen molar-refractivity contribution in [3.05, 3.63) is 135 Å². The van der Waals surface area contributed by atoms with Crippen molar-refractivity contribution >= 4 is 40.5 Å². The van der Waals surface area contributed by atoms with Gasteiger partial charge in [0.05, 0.1) is 34.2 Å². The predicted octanol–water partition coefficient (Wildman–Crippen LogP) is 6.71. The summed E-state index contributed by atoms with van der Waals surface area (Å²) in [6.45, 7) is 2.28. The van der Waals surface area contributed by atoms with Gasteiger partial charge in [-0.2, -0.15) is 9.78 Å². The molecule has 0 atom stereocenters. The fourth-order valence-electron chi connectivity index (χ4n) is 3.79. The van der Waals surface area contributed by atoms with E-state index >= 15 is 0 Å². The van der Waals surface area contributed by atoms with E-state index in [1.165, 1.54) is 10.9 Å². The largest absolute Gasteiger partial charge is 0.453 e. The number of nitrogens with one attached hydrogen (secondary N) is 2. The van der Waals surface area contributed by atoms with Gasteiger partial charge in [-0.05, 0) is 73.7 Å². The lowest BCUT2D eigenvalue weighted by Gasteiger charge is -2.15. The first-order valence-electron chi connectivity index (χ1n) is 12.2. The van der Waals surface area contributed by atoms with Gasteiger partial charge in [-0.15, -0.1) is 0 Å². The lowest BCUT2D eigenvalue weighted by molar-refractivity contribution is 0.0950. The van der Waals surface area contributed by atoms with Gasteiger partial charge >= 0.3 is 0 Å². The van der Waals surface area contributed by atoms with Gasteiger partial charge in [0, 0.05) is 17.4 Å². The Labute approximate surface area is 240 Å². The average Bonchev–Trinajstić information content (AvgIpc) is 2.97. The Hall–Kier alpha value is -4.66. The van der Waals surface area contributed by atoms with E-state index in [1.54, 1.807) is 48.7 Å². The number of anilines is 2. The Balaban J connectivity index is 1.43. The van der Waals surface area contributed by atoms with Gasteiger partial charge in [0.1, 0.15) is 5.75 Å². The number of amides is 1. The molecule has 2 aromatic heterocycles. The Morgan fingerprint density at radius 3 is 2.42 bits per heavy atom. The smallest absolute Gasteiger partial charge is 0.299 e. The maximum Gasteiger partial charge on any atom is 0.299 e. The monoisotopic (exact) mass is 571 g/mol. The van der Waals surface area contributed by atoms with Gasteiger partial charge in [0.2, 0.25) is 0 Å². The summed E-state index contributed by atoms with van der Waals surface area (Å²) in [7, 11) is 0. The van der Waals surface area contributed by atoms with Crippen LogP contribution in [0.1, 0.15) is 21.6 Å². The first-order valence-corrected chi connectivity index (χ1v) is 13.0. The molecular formula is C30H23Cl2N5O3. The molecule has 5 aromatic rings. The van der Waals surface area contributed by atoms with Crippen molar-refractivity contribution < 1.29 is 9.53 Å². The molecule has 200 valence electrons. The molecule has 40 heavy (non-hydrogen) atoms. The summed E-state index contributed by atoms with van der Waals surface area (Å²) in [5.74, 6) is 0.524. The number of carbonyl (C=O) groups excluding carboxylic acids is 1. The summed E-state index contributed by atoms with van der Waals surface area (Å²) in [6.07, 6.45) is 3.12. The first kappa shape index (κ1) is 26.9. The van der Waals surface area contributed by atoms with Crippen LogP contribution in [0.2, 0.25) is 10.0 Å². The topological polar surface area (TPSA) is 98.1 Å². The molecule has 0 aliphatic rings. The molecule has 0 spiro atoms. The minimum atomic E-state index is -0.472. The SMILES string of the molecule is Cc1ccc(Oc2cnn(-c3ccc(Cl)c(Cl)c3)c(=O)c2Nc2ccc(C(=O)NCc3ccccn3)cc2)cc1. The van der Waals surface area contributed by atoms with Crippen LogP contribution in [0.25, 0.3) is 5.69 Å². The Bertz CT molecular complexity index is 1710. The van der Waals surface area contributed by atoms with Gasteiger partial charge in [-0.3, -0.25) is 14.6 Å². The number of aromatic nitrogens is 3. The maximum atomic E-state index is 13.6. The molecule has 5 rings (SSSR count). The van der Waals surface area contributed by atoms with Crippen LogP contribution in [0.15, 0.2) is 102 Å². The summed E-state index contributed by atoms with van der Waals surface area (Å²) in [5, 5.41) is 10.9. The number of halogens is 2. The van der Waals surface area contributed by atoms with E-state index in [0.29, 0.717) is 39.3 Å². The lowest BCUT2D eigenvalue weighted by Crippen LogP contribution is -2.24. The molecule has 0 radical (unpaired) electrons. The van der Waals surface area contributed by atoms with Crippen molar-refractivity contribution in [2.24, 2.45) is 0 Å². The van der Waals surface area contributed by atoms with Crippen LogP contribution < -0.4 is 20.9 Å². The number of ether oxygens (including phenoxy) is 1. The fourth-order valence-corrected chi connectivity index (χ4v) is 4.08. The van der Waals surface area contributed by atoms with Crippen LogP contribution in [0.3, 0.4) is 0 Å². The normalized spacial score (nSPS) is 10.7. The van der Waals surface area contributed by atoms with Crippen LogP contribution in [-0.4, -0.2) is 20.7 Å². The highest BCUT2D eigenvalue weighted by Crippen LogP contribution is 2.30. The molecule has 0 aliphatic heterocycles. The highest BCUT2D eigenvalue weighted by molar-refractivity contribution is 6.42. The number of benzene rings is 3. The Morgan fingerprint density at radius 1 is 0.950 bits per heavy atom. The molecule has 0 bridgehead atoms. The van der Waals surface area contributed by atoms with Crippen LogP contribution in [-0.2, 0) is 6.54 Å². The van der Waals surface area contributed by atoms with E-state index in [0.717, 1.165) is 11.3 Å². The molecule has 10 heteroatoms. The highest BCUT2D eigenvalue weighted by Gasteiger charge is 2.17. The van der Waals surface area contributed by atoms with Crippen molar-refractivity contribution in [1.29, 1.82) is 0 Å².